The third-order valence-electron chi connectivity index (χ3n) is 2.70. The maximum Gasteiger partial charge on any atom is 0.138 e. The first-order valence-electron chi connectivity index (χ1n) is 5.49. The van der Waals surface area contributed by atoms with Crippen molar-refractivity contribution in [3.8, 4) is 0 Å². The predicted octanol–water partition coefficient (Wildman–Crippen LogP) is 3.80. The lowest BCUT2D eigenvalue weighted by molar-refractivity contribution is -0.126. The number of benzene rings is 1. The minimum Gasteiger partial charge on any atom is -0.299 e. The van der Waals surface area contributed by atoms with Gasteiger partial charge in [0, 0.05) is 11.8 Å². The van der Waals surface area contributed by atoms with Crippen LogP contribution in [0, 0.1) is 5.41 Å². The molecule has 0 radical (unpaired) electrons. The van der Waals surface area contributed by atoms with E-state index in [2.05, 4.69) is 19.1 Å². The normalized spacial score (nSPS) is 13.6. The van der Waals surface area contributed by atoms with Gasteiger partial charge in [-0.15, -0.1) is 0 Å². The van der Waals surface area contributed by atoms with Gasteiger partial charge in [0.2, 0.25) is 0 Å². The van der Waals surface area contributed by atoms with Gasteiger partial charge in [0.1, 0.15) is 5.78 Å². The van der Waals surface area contributed by atoms with Crippen molar-refractivity contribution in [2.24, 2.45) is 5.41 Å². The zero-order valence-corrected chi connectivity index (χ0v) is 10.1. The van der Waals surface area contributed by atoms with Gasteiger partial charge in [-0.3, -0.25) is 4.79 Å². The van der Waals surface area contributed by atoms with E-state index in [9.17, 15) is 4.79 Å². The molecule has 0 aliphatic carbocycles. The molecule has 0 unspecified atom stereocenters. The second kappa shape index (κ2) is 4.61. The minimum absolute atomic E-state index is 0.219. The Hall–Kier alpha value is -1.11. The van der Waals surface area contributed by atoms with Crippen LogP contribution in [-0.4, -0.2) is 5.78 Å². The number of ketones is 1. The number of carbonyl (C=O) groups is 1. The van der Waals surface area contributed by atoms with E-state index in [1.54, 1.807) is 0 Å². The number of carbonyl (C=O) groups excluding carboxylic acids is 1. The van der Waals surface area contributed by atoms with Crippen molar-refractivity contribution >= 4 is 5.78 Å². The van der Waals surface area contributed by atoms with Crippen LogP contribution >= 0.6 is 0 Å². The molecule has 0 aliphatic rings. The molecule has 1 atom stereocenters. The third-order valence-corrected chi connectivity index (χ3v) is 2.70. The fraction of sp³-hybridized carbons (Fsp3) is 0.500. The summed E-state index contributed by atoms with van der Waals surface area (Å²) in [5, 5.41) is 0. The molecule has 0 aromatic heterocycles. The van der Waals surface area contributed by atoms with Crippen molar-refractivity contribution in [2.45, 2.75) is 40.0 Å². The van der Waals surface area contributed by atoms with Crippen LogP contribution in [0.1, 0.15) is 45.6 Å². The lowest BCUT2D eigenvalue weighted by Gasteiger charge is -2.19. The molecule has 0 saturated carbocycles. The highest BCUT2D eigenvalue weighted by atomic mass is 16.1. The fourth-order valence-electron chi connectivity index (χ4n) is 1.48. The minimum atomic E-state index is -0.219. The van der Waals surface area contributed by atoms with E-state index in [1.165, 1.54) is 5.56 Å². The highest BCUT2D eigenvalue weighted by Crippen LogP contribution is 2.25. The molecule has 1 aromatic rings. The maximum atomic E-state index is 11.8. The summed E-state index contributed by atoms with van der Waals surface area (Å²) in [5.74, 6) is 0.650. The van der Waals surface area contributed by atoms with E-state index in [1.807, 2.05) is 39.0 Å². The molecule has 82 valence electrons. The van der Waals surface area contributed by atoms with Crippen molar-refractivity contribution in [1.82, 2.24) is 0 Å². The molecule has 0 spiro atoms. The molecule has 0 N–H and O–H groups in total. The van der Waals surface area contributed by atoms with Gasteiger partial charge in [-0.25, -0.2) is 0 Å². The Kier molecular flexibility index (Phi) is 3.67. The van der Waals surface area contributed by atoms with Crippen LogP contribution in [0.15, 0.2) is 30.3 Å². The third kappa shape index (κ3) is 3.50. The summed E-state index contributed by atoms with van der Waals surface area (Å²) in [4.78, 5) is 11.8. The lowest BCUT2D eigenvalue weighted by Crippen LogP contribution is -2.21. The zero-order chi connectivity index (χ0) is 11.5. The SMILES string of the molecule is C[C@H](CC(=O)C(C)(C)C)c1ccccc1. The van der Waals surface area contributed by atoms with Crippen LogP contribution in [0.5, 0.6) is 0 Å². The molecule has 15 heavy (non-hydrogen) atoms. The Labute approximate surface area is 92.5 Å². The molecular weight excluding hydrogens is 184 g/mol. The second-order valence-corrected chi connectivity index (χ2v) is 5.19. The first-order valence-corrected chi connectivity index (χ1v) is 5.49. The number of rotatable bonds is 3. The second-order valence-electron chi connectivity index (χ2n) is 5.19. The largest absolute Gasteiger partial charge is 0.299 e. The molecule has 1 nitrogen and oxygen atoms in total. The number of Topliss-reactive ketones (excluding diaryl/α,β-unsaturated/α-hetero) is 1. The molecule has 0 fully saturated rings. The summed E-state index contributed by atoms with van der Waals surface area (Å²) in [6.07, 6.45) is 0.632. The Morgan fingerprint density at radius 1 is 1.20 bits per heavy atom. The average Bonchev–Trinajstić information content (AvgIpc) is 2.17. The van der Waals surface area contributed by atoms with Crippen LogP contribution in [0.3, 0.4) is 0 Å². The summed E-state index contributed by atoms with van der Waals surface area (Å²) in [7, 11) is 0. The Bertz CT molecular complexity index is 319. The van der Waals surface area contributed by atoms with Crippen LogP contribution < -0.4 is 0 Å². The summed E-state index contributed by atoms with van der Waals surface area (Å²) >= 11 is 0. The van der Waals surface area contributed by atoms with Gasteiger partial charge in [0.05, 0.1) is 0 Å². The van der Waals surface area contributed by atoms with E-state index < -0.39 is 0 Å². The van der Waals surface area contributed by atoms with Crippen molar-refractivity contribution in [2.75, 3.05) is 0 Å². The summed E-state index contributed by atoms with van der Waals surface area (Å²) in [5.41, 5.74) is 1.03. The summed E-state index contributed by atoms with van der Waals surface area (Å²) < 4.78 is 0. The molecule has 1 rings (SSSR count). The molecule has 0 bridgehead atoms. The molecule has 0 saturated heterocycles. The Morgan fingerprint density at radius 2 is 1.73 bits per heavy atom. The topological polar surface area (TPSA) is 17.1 Å². The van der Waals surface area contributed by atoms with E-state index in [4.69, 9.17) is 0 Å². The standard InChI is InChI=1S/C14H20O/c1-11(10-13(15)14(2,3)4)12-8-6-5-7-9-12/h5-9,11H,10H2,1-4H3/t11-/m1/s1. The van der Waals surface area contributed by atoms with Gasteiger partial charge in [0.25, 0.3) is 0 Å². The van der Waals surface area contributed by atoms with E-state index >= 15 is 0 Å². The highest BCUT2D eigenvalue weighted by molar-refractivity contribution is 5.84. The lowest BCUT2D eigenvalue weighted by atomic mass is 9.84. The van der Waals surface area contributed by atoms with Gasteiger partial charge in [-0.1, -0.05) is 58.0 Å². The van der Waals surface area contributed by atoms with Crippen LogP contribution in [0.2, 0.25) is 0 Å². The fourth-order valence-corrected chi connectivity index (χ4v) is 1.48. The van der Waals surface area contributed by atoms with E-state index in [0.717, 1.165) is 0 Å². The molecule has 1 heteroatoms. The zero-order valence-electron chi connectivity index (χ0n) is 10.1. The van der Waals surface area contributed by atoms with E-state index in [0.29, 0.717) is 18.1 Å². The molecule has 1 aromatic carbocycles. The number of hydrogen-bond donors (Lipinski definition) is 0. The smallest absolute Gasteiger partial charge is 0.138 e. The predicted molar refractivity (Wildman–Crippen MR) is 63.9 cm³/mol. The monoisotopic (exact) mass is 204 g/mol. The summed E-state index contributed by atoms with van der Waals surface area (Å²) in [6.45, 7) is 8.05. The van der Waals surface area contributed by atoms with Gasteiger partial charge in [0.15, 0.2) is 0 Å². The van der Waals surface area contributed by atoms with Gasteiger partial charge in [-0.05, 0) is 11.5 Å². The van der Waals surface area contributed by atoms with Crippen molar-refractivity contribution in [3.63, 3.8) is 0 Å². The van der Waals surface area contributed by atoms with Crippen molar-refractivity contribution in [1.29, 1.82) is 0 Å². The summed E-state index contributed by atoms with van der Waals surface area (Å²) in [6, 6.07) is 10.2. The highest BCUT2D eigenvalue weighted by Gasteiger charge is 2.23. The Morgan fingerprint density at radius 3 is 2.20 bits per heavy atom. The molecular formula is C14H20O. The molecule has 0 amide bonds. The van der Waals surface area contributed by atoms with Crippen molar-refractivity contribution in [3.05, 3.63) is 35.9 Å². The maximum absolute atomic E-state index is 11.8. The van der Waals surface area contributed by atoms with Gasteiger partial charge in [-0.2, -0.15) is 0 Å². The quantitative estimate of drug-likeness (QED) is 0.732. The first-order chi connectivity index (χ1) is 6.91. The molecule has 0 heterocycles. The first kappa shape index (κ1) is 12.0. The van der Waals surface area contributed by atoms with Gasteiger partial charge >= 0.3 is 0 Å². The van der Waals surface area contributed by atoms with Crippen molar-refractivity contribution < 1.29 is 4.79 Å². The average molecular weight is 204 g/mol. The van der Waals surface area contributed by atoms with Gasteiger partial charge < -0.3 is 0 Å². The Balaban J connectivity index is 2.65. The molecule has 0 aliphatic heterocycles. The van der Waals surface area contributed by atoms with E-state index in [-0.39, 0.29) is 5.41 Å². The van der Waals surface area contributed by atoms with Crippen LogP contribution in [0.25, 0.3) is 0 Å². The van der Waals surface area contributed by atoms with Crippen LogP contribution in [0.4, 0.5) is 0 Å². The van der Waals surface area contributed by atoms with Crippen LogP contribution in [-0.2, 0) is 4.79 Å². The number of hydrogen-bond acceptors (Lipinski definition) is 1.